The highest BCUT2D eigenvalue weighted by Gasteiger charge is 1.71. The van der Waals surface area contributed by atoms with E-state index in [0.29, 0.717) is 0 Å². The maximum atomic E-state index is 3.89. The zero-order chi connectivity index (χ0) is 5.11. The van der Waals surface area contributed by atoms with Crippen LogP contribution in [-0.4, -0.2) is 4.98 Å². The van der Waals surface area contributed by atoms with Crippen LogP contribution >= 0.6 is 0 Å². The van der Waals surface area contributed by atoms with Gasteiger partial charge >= 0.3 is 0 Å². The smallest absolute Gasteiger partial charge is 0.0773 e. The first kappa shape index (κ1) is 4.14. The fraction of sp³-hybridized carbons (Fsp3) is 0.167. The maximum absolute atomic E-state index is 3.89. The van der Waals surface area contributed by atoms with Gasteiger partial charge in [0.2, 0.25) is 0 Å². The van der Waals surface area contributed by atoms with Crippen molar-refractivity contribution in [3.63, 3.8) is 0 Å². The molecule has 1 heterocycles. The van der Waals surface area contributed by atoms with Crippen molar-refractivity contribution in [3.05, 3.63) is 30.1 Å². The summed E-state index contributed by atoms with van der Waals surface area (Å²) in [5.74, 6) is 0. The van der Waals surface area contributed by atoms with Crippen LogP contribution in [0.1, 0.15) is 5.69 Å². The number of nitrogens with zero attached hydrogens (tertiary/aromatic N) is 1. The van der Waals surface area contributed by atoms with Crippen molar-refractivity contribution in [1.29, 1.82) is 0 Å². The van der Waals surface area contributed by atoms with Gasteiger partial charge in [0.15, 0.2) is 0 Å². The Morgan fingerprint density at radius 1 is 1.57 bits per heavy atom. The van der Waals surface area contributed by atoms with Crippen molar-refractivity contribution in [3.8, 4) is 0 Å². The second-order valence-corrected chi connectivity index (χ2v) is 1.33. The van der Waals surface area contributed by atoms with Gasteiger partial charge in [0.25, 0.3) is 0 Å². The van der Waals surface area contributed by atoms with E-state index in [2.05, 4.69) is 17.1 Å². The minimum absolute atomic E-state index is 0.985. The topological polar surface area (TPSA) is 12.9 Å². The second kappa shape index (κ2) is 1.61. The summed E-state index contributed by atoms with van der Waals surface area (Å²) in [5.41, 5.74) is 0.985. The highest BCUT2D eigenvalue weighted by Crippen LogP contribution is 1.80. The molecule has 0 spiro atoms. The highest BCUT2D eigenvalue weighted by atomic mass is 14.6. The lowest BCUT2D eigenvalue weighted by Crippen LogP contribution is -1.70. The molecule has 0 aliphatic carbocycles. The molecule has 0 N–H and O–H groups in total. The average molecular weight is 91.1 g/mol. The molecule has 0 atom stereocenters. The fourth-order valence-corrected chi connectivity index (χ4v) is 0.355. The lowest BCUT2D eigenvalue weighted by molar-refractivity contribution is 1.21. The van der Waals surface area contributed by atoms with Gasteiger partial charge in [-0.25, -0.2) is 0 Å². The minimum Gasteiger partial charge on any atom is -0.252 e. The summed E-state index contributed by atoms with van der Waals surface area (Å²) in [6.45, 7) is 1.92. The van der Waals surface area contributed by atoms with Gasteiger partial charge in [-0.15, -0.1) is 0 Å². The van der Waals surface area contributed by atoms with Gasteiger partial charge in [-0.1, -0.05) is 12.1 Å². The van der Waals surface area contributed by atoms with Gasteiger partial charge in [0.05, 0.1) is 6.20 Å². The number of hydrogen-bond acceptors (Lipinski definition) is 1. The van der Waals surface area contributed by atoms with Crippen LogP contribution in [0, 0.1) is 19.1 Å². The minimum atomic E-state index is 0.985. The zero-order valence-electron chi connectivity index (χ0n) is 4.10. The monoisotopic (exact) mass is 91.0 g/mol. The molecule has 0 saturated heterocycles. The van der Waals surface area contributed by atoms with Gasteiger partial charge in [-0.3, -0.25) is 4.98 Å². The average Bonchev–Trinajstić information content (AvgIpc) is 1.69. The molecule has 0 saturated carbocycles. The van der Waals surface area contributed by atoms with Gasteiger partial charge in [0, 0.05) is 11.8 Å². The lowest BCUT2D eigenvalue weighted by Gasteiger charge is -1.76. The molecule has 0 unspecified atom stereocenters. The molecule has 7 heavy (non-hydrogen) atoms. The molecular formula is C6H5N. The third kappa shape index (κ3) is 0.902. The Hall–Kier alpha value is -1.03. The standard InChI is InChI=1S/C6H5N/c1-6-4-2-3-5-7-6/h4-5H,1H3. The second-order valence-electron chi connectivity index (χ2n) is 1.33. The molecule has 1 nitrogen and oxygen atoms in total. The van der Waals surface area contributed by atoms with E-state index >= 15 is 0 Å². The summed E-state index contributed by atoms with van der Waals surface area (Å²) in [7, 11) is 0. The van der Waals surface area contributed by atoms with Gasteiger partial charge < -0.3 is 0 Å². The number of aryl methyl sites for hydroxylation is 1. The fourth-order valence-electron chi connectivity index (χ4n) is 0.355. The summed E-state index contributed by atoms with van der Waals surface area (Å²) in [5, 5.41) is 0. The van der Waals surface area contributed by atoms with Crippen LogP contribution in [0.25, 0.3) is 0 Å². The van der Waals surface area contributed by atoms with E-state index in [0.717, 1.165) is 5.69 Å². The van der Waals surface area contributed by atoms with Crippen molar-refractivity contribution in [2.45, 2.75) is 6.92 Å². The van der Waals surface area contributed by atoms with E-state index < -0.39 is 0 Å². The predicted molar refractivity (Wildman–Crippen MR) is 26.6 cm³/mol. The van der Waals surface area contributed by atoms with E-state index in [1.807, 2.05) is 6.92 Å². The first-order chi connectivity index (χ1) is 3.39. The lowest BCUT2D eigenvalue weighted by atomic mass is 10.4. The Kier molecular flexibility index (Phi) is 0.953. The Labute approximate surface area is 43.0 Å². The molecule has 0 fully saturated rings. The van der Waals surface area contributed by atoms with Crippen LogP contribution in [0.15, 0.2) is 12.3 Å². The quantitative estimate of drug-likeness (QED) is 0.464. The zero-order valence-corrected chi connectivity index (χ0v) is 4.10. The summed E-state index contributed by atoms with van der Waals surface area (Å²) < 4.78 is 0. The summed E-state index contributed by atoms with van der Waals surface area (Å²) in [6, 6.07) is 7.26. The van der Waals surface area contributed by atoms with Crippen LogP contribution in [0.5, 0.6) is 0 Å². The Morgan fingerprint density at radius 2 is 2.43 bits per heavy atom. The van der Waals surface area contributed by atoms with E-state index in [1.54, 1.807) is 12.3 Å². The molecule has 1 aromatic heterocycles. The third-order valence-electron chi connectivity index (χ3n) is 0.697. The van der Waals surface area contributed by atoms with E-state index in [9.17, 15) is 0 Å². The molecule has 0 aliphatic rings. The third-order valence-corrected chi connectivity index (χ3v) is 0.697. The van der Waals surface area contributed by atoms with Crippen molar-refractivity contribution in [2.75, 3.05) is 0 Å². The summed E-state index contributed by atoms with van der Waals surface area (Å²) in [6.07, 6.45) is 1.61. The molecule has 0 aromatic carbocycles. The van der Waals surface area contributed by atoms with Crippen LogP contribution in [0.4, 0.5) is 0 Å². The first-order valence-corrected chi connectivity index (χ1v) is 2.10. The molecule has 1 rings (SSSR count). The van der Waals surface area contributed by atoms with Crippen LogP contribution in [0.2, 0.25) is 0 Å². The van der Waals surface area contributed by atoms with Gasteiger partial charge in [-0.2, -0.15) is 0 Å². The Balaban J connectivity index is 3.02. The van der Waals surface area contributed by atoms with E-state index in [-0.39, 0.29) is 0 Å². The molecule has 0 bridgehead atoms. The number of aromatic nitrogens is 1. The summed E-state index contributed by atoms with van der Waals surface area (Å²) >= 11 is 0. The molecule has 0 aliphatic heterocycles. The van der Waals surface area contributed by atoms with Gasteiger partial charge in [-0.05, 0) is 6.92 Å². The van der Waals surface area contributed by atoms with Crippen molar-refractivity contribution < 1.29 is 0 Å². The molecule has 0 amide bonds. The molecule has 34 valence electrons. The Bertz CT molecular complexity index is 134. The van der Waals surface area contributed by atoms with Crippen molar-refractivity contribution in [1.82, 2.24) is 4.98 Å². The SMILES string of the molecule is Cc1cc#ccn1. The molecular weight excluding hydrogens is 86.1 g/mol. The number of rotatable bonds is 0. The van der Waals surface area contributed by atoms with Crippen LogP contribution in [-0.2, 0) is 0 Å². The first-order valence-electron chi connectivity index (χ1n) is 2.10. The van der Waals surface area contributed by atoms with E-state index in [1.165, 1.54) is 0 Å². The van der Waals surface area contributed by atoms with E-state index in [4.69, 9.17) is 0 Å². The normalized spacial score (nSPS) is 7.57. The maximum Gasteiger partial charge on any atom is 0.0773 e. The van der Waals surface area contributed by atoms with Crippen LogP contribution in [0.3, 0.4) is 0 Å². The highest BCUT2D eigenvalue weighted by molar-refractivity contribution is 4.92. The van der Waals surface area contributed by atoms with Crippen molar-refractivity contribution >= 4 is 0 Å². The van der Waals surface area contributed by atoms with Crippen LogP contribution < -0.4 is 0 Å². The molecule has 1 heteroatoms. The van der Waals surface area contributed by atoms with Crippen molar-refractivity contribution in [2.24, 2.45) is 0 Å². The predicted octanol–water partition coefficient (Wildman–Crippen LogP) is 0.990. The largest absolute Gasteiger partial charge is 0.252 e. The van der Waals surface area contributed by atoms with Gasteiger partial charge in [0.1, 0.15) is 0 Å². The molecule has 1 aromatic rings. The summed E-state index contributed by atoms with van der Waals surface area (Å²) in [4.78, 5) is 3.89. The number of hydrogen-bond donors (Lipinski definition) is 0. The Morgan fingerprint density at radius 3 is 2.71 bits per heavy atom. The molecule has 0 radical (unpaired) electrons.